The Hall–Kier alpha value is -2.91. The molecule has 29 heavy (non-hydrogen) atoms. The van der Waals surface area contributed by atoms with Gasteiger partial charge in [-0.05, 0) is 26.0 Å². The molecule has 2 N–H and O–H groups in total. The van der Waals surface area contributed by atoms with Gasteiger partial charge in [0.1, 0.15) is 5.75 Å². The largest absolute Gasteiger partial charge is 0.497 e. The Morgan fingerprint density at radius 1 is 1.31 bits per heavy atom. The minimum absolute atomic E-state index is 0.182. The standard InChI is InChI=1S/C20H26N4O5/c1-4-28-19(29-5-2)17-22-16-9-10-24(12-15(16)18(25)23-17)20(26)21-13-7-6-8-14(11-13)27-3/h6-8,11,19H,4-5,9-10,12H2,1-3H3,(H,21,26)(H,22,23,25). The first kappa shape index (κ1) is 20.8. The lowest BCUT2D eigenvalue weighted by atomic mass is 10.1. The molecule has 3 rings (SSSR count). The van der Waals surface area contributed by atoms with Crippen LogP contribution in [0.15, 0.2) is 29.1 Å². The summed E-state index contributed by atoms with van der Waals surface area (Å²) in [5.74, 6) is 1.00. The van der Waals surface area contributed by atoms with Gasteiger partial charge in [-0.25, -0.2) is 9.78 Å². The number of methoxy groups -OCH3 is 1. The average Bonchev–Trinajstić information content (AvgIpc) is 2.73. The van der Waals surface area contributed by atoms with E-state index in [9.17, 15) is 9.59 Å². The SMILES string of the molecule is CCOC(OCC)c1nc2c(c(=O)[nH]1)CN(C(=O)Nc1cccc(OC)c1)CC2. The summed E-state index contributed by atoms with van der Waals surface area (Å²) >= 11 is 0. The summed E-state index contributed by atoms with van der Waals surface area (Å²) in [6, 6.07) is 6.82. The van der Waals surface area contributed by atoms with Gasteiger partial charge in [0.05, 0.1) is 24.9 Å². The van der Waals surface area contributed by atoms with Gasteiger partial charge in [0, 0.05) is 37.9 Å². The highest BCUT2D eigenvalue weighted by Crippen LogP contribution is 2.21. The smallest absolute Gasteiger partial charge is 0.322 e. The Balaban J connectivity index is 1.75. The van der Waals surface area contributed by atoms with E-state index in [1.807, 2.05) is 13.8 Å². The number of anilines is 1. The van der Waals surface area contributed by atoms with Crippen LogP contribution in [-0.2, 0) is 22.4 Å². The lowest BCUT2D eigenvalue weighted by molar-refractivity contribution is -0.145. The predicted octanol–water partition coefficient (Wildman–Crippen LogP) is 2.44. The molecule has 2 heterocycles. The summed E-state index contributed by atoms with van der Waals surface area (Å²) in [7, 11) is 1.57. The van der Waals surface area contributed by atoms with Gasteiger partial charge in [-0.2, -0.15) is 0 Å². The monoisotopic (exact) mass is 402 g/mol. The van der Waals surface area contributed by atoms with Crippen LogP contribution in [0.3, 0.4) is 0 Å². The number of hydrogen-bond acceptors (Lipinski definition) is 6. The maximum atomic E-state index is 12.6. The van der Waals surface area contributed by atoms with Crippen LogP contribution in [0.25, 0.3) is 0 Å². The zero-order valence-corrected chi connectivity index (χ0v) is 16.9. The van der Waals surface area contributed by atoms with Crippen LogP contribution in [0.4, 0.5) is 10.5 Å². The number of rotatable bonds is 7. The van der Waals surface area contributed by atoms with Gasteiger partial charge in [0.15, 0.2) is 5.82 Å². The van der Waals surface area contributed by atoms with Crippen molar-refractivity contribution in [2.75, 3.05) is 32.2 Å². The Morgan fingerprint density at radius 3 is 2.76 bits per heavy atom. The number of aromatic nitrogens is 2. The zero-order valence-electron chi connectivity index (χ0n) is 16.9. The molecular weight excluding hydrogens is 376 g/mol. The second kappa shape index (κ2) is 9.53. The van der Waals surface area contributed by atoms with E-state index < -0.39 is 6.29 Å². The van der Waals surface area contributed by atoms with E-state index in [2.05, 4.69) is 15.3 Å². The molecule has 9 heteroatoms. The second-order valence-corrected chi connectivity index (χ2v) is 6.45. The van der Waals surface area contributed by atoms with E-state index in [1.54, 1.807) is 36.3 Å². The van der Waals surface area contributed by atoms with Crippen molar-refractivity contribution >= 4 is 11.7 Å². The Labute approximate surface area is 169 Å². The Bertz CT molecular complexity index is 908. The molecule has 0 aliphatic carbocycles. The molecule has 1 aliphatic rings. The molecule has 1 aromatic heterocycles. The van der Waals surface area contributed by atoms with E-state index in [0.717, 1.165) is 0 Å². The van der Waals surface area contributed by atoms with Gasteiger partial charge >= 0.3 is 6.03 Å². The summed E-state index contributed by atoms with van der Waals surface area (Å²) in [6.07, 6.45) is -0.236. The van der Waals surface area contributed by atoms with E-state index in [4.69, 9.17) is 14.2 Å². The zero-order chi connectivity index (χ0) is 20.8. The van der Waals surface area contributed by atoms with Crippen molar-refractivity contribution in [2.45, 2.75) is 33.1 Å². The number of aromatic amines is 1. The number of urea groups is 1. The fourth-order valence-electron chi connectivity index (χ4n) is 3.14. The summed E-state index contributed by atoms with van der Waals surface area (Å²) in [5.41, 5.74) is 1.48. The van der Waals surface area contributed by atoms with Gasteiger partial charge in [0.25, 0.3) is 5.56 Å². The van der Waals surface area contributed by atoms with Crippen molar-refractivity contribution in [3.05, 3.63) is 51.7 Å². The Kier molecular flexibility index (Phi) is 6.84. The quantitative estimate of drug-likeness (QED) is 0.689. The number of amides is 2. The van der Waals surface area contributed by atoms with Crippen LogP contribution in [0.1, 0.15) is 37.2 Å². The molecule has 0 saturated heterocycles. The molecule has 2 aromatic rings. The maximum absolute atomic E-state index is 12.6. The van der Waals surface area contributed by atoms with Crippen LogP contribution >= 0.6 is 0 Å². The first-order chi connectivity index (χ1) is 14.0. The fraction of sp³-hybridized carbons (Fsp3) is 0.450. The third kappa shape index (κ3) is 4.93. The molecule has 1 aliphatic heterocycles. The molecule has 0 atom stereocenters. The highest BCUT2D eigenvalue weighted by molar-refractivity contribution is 5.89. The van der Waals surface area contributed by atoms with Crippen LogP contribution in [0, 0.1) is 0 Å². The van der Waals surface area contributed by atoms with Crippen LogP contribution < -0.4 is 15.6 Å². The third-order valence-electron chi connectivity index (χ3n) is 4.55. The molecular formula is C20H26N4O5. The van der Waals surface area contributed by atoms with Crippen LogP contribution in [0.5, 0.6) is 5.75 Å². The number of nitrogens with zero attached hydrogens (tertiary/aromatic N) is 2. The van der Waals surface area contributed by atoms with Gasteiger partial charge < -0.3 is 29.4 Å². The van der Waals surface area contributed by atoms with E-state index in [1.165, 1.54) is 0 Å². The number of carbonyl (C=O) groups is 1. The van der Waals surface area contributed by atoms with E-state index >= 15 is 0 Å². The van der Waals surface area contributed by atoms with Crippen molar-refractivity contribution in [3.63, 3.8) is 0 Å². The number of H-pyrrole nitrogens is 1. The number of nitrogens with one attached hydrogen (secondary N) is 2. The third-order valence-corrected chi connectivity index (χ3v) is 4.55. The predicted molar refractivity (Wildman–Crippen MR) is 107 cm³/mol. The molecule has 156 valence electrons. The molecule has 1 aromatic carbocycles. The first-order valence-electron chi connectivity index (χ1n) is 9.60. The minimum atomic E-state index is -0.711. The van der Waals surface area contributed by atoms with Gasteiger partial charge in [0.2, 0.25) is 6.29 Å². The molecule has 0 unspecified atom stereocenters. The summed E-state index contributed by atoms with van der Waals surface area (Å²) in [4.78, 5) is 34.1. The average molecular weight is 402 g/mol. The van der Waals surface area contributed by atoms with Crippen molar-refractivity contribution in [2.24, 2.45) is 0 Å². The van der Waals surface area contributed by atoms with Gasteiger partial charge in [-0.1, -0.05) is 6.07 Å². The minimum Gasteiger partial charge on any atom is -0.497 e. The van der Waals surface area contributed by atoms with Gasteiger partial charge in [-0.15, -0.1) is 0 Å². The first-order valence-corrected chi connectivity index (χ1v) is 9.60. The maximum Gasteiger partial charge on any atom is 0.322 e. The van der Waals surface area contributed by atoms with Crippen molar-refractivity contribution in [3.8, 4) is 5.75 Å². The van der Waals surface area contributed by atoms with E-state index in [0.29, 0.717) is 54.7 Å². The second-order valence-electron chi connectivity index (χ2n) is 6.45. The van der Waals surface area contributed by atoms with Crippen molar-refractivity contribution in [1.29, 1.82) is 0 Å². The van der Waals surface area contributed by atoms with Crippen molar-refractivity contribution < 1.29 is 19.0 Å². The fourth-order valence-corrected chi connectivity index (χ4v) is 3.14. The summed E-state index contributed by atoms with van der Waals surface area (Å²) in [5, 5.41) is 2.83. The van der Waals surface area contributed by atoms with Crippen molar-refractivity contribution in [1.82, 2.24) is 14.9 Å². The Morgan fingerprint density at radius 2 is 2.07 bits per heavy atom. The molecule has 0 saturated carbocycles. The lowest BCUT2D eigenvalue weighted by Gasteiger charge is -2.28. The summed E-state index contributed by atoms with van der Waals surface area (Å²) in [6.45, 7) is 5.20. The number of ether oxygens (including phenoxy) is 3. The topological polar surface area (TPSA) is 106 Å². The van der Waals surface area contributed by atoms with E-state index in [-0.39, 0.29) is 18.1 Å². The number of hydrogen-bond donors (Lipinski definition) is 2. The normalized spacial score (nSPS) is 13.3. The molecule has 0 bridgehead atoms. The molecule has 9 nitrogen and oxygen atoms in total. The number of carbonyl (C=O) groups excluding carboxylic acids is 1. The summed E-state index contributed by atoms with van der Waals surface area (Å²) < 4.78 is 16.2. The number of fused-ring (bicyclic) bond motifs is 1. The highest BCUT2D eigenvalue weighted by Gasteiger charge is 2.26. The lowest BCUT2D eigenvalue weighted by Crippen LogP contribution is -2.42. The molecule has 0 radical (unpaired) electrons. The van der Waals surface area contributed by atoms with Crippen LogP contribution in [0.2, 0.25) is 0 Å². The van der Waals surface area contributed by atoms with Gasteiger partial charge in [-0.3, -0.25) is 4.79 Å². The van der Waals surface area contributed by atoms with Crippen LogP contribution in [-0.4, -0.2) is 47.8 Å². The molecule has 0 spiro atoms. The number of benzene rings is 1. The molecule has 0 fully saturated rings. The highest BCUT2D eigenvalue weighted by atomic mass is 16.7. The molecule has 2 amide bonds.